The molecule has 1 aliphatic carbocycles. The summed E-state index contributed by atoms with van der Waals surface area (Å²) in [7, 11) is 3.68. The maximum Gasteiger partial charge on any atom is 0.254 e. The highest BCUT2D eigenvalue weighted by Crippen LogP contribution is 2.40. The summed E-state index contributed by atoms with van der Waals surface area (Å²) in [5.74, 6) is 2.25. The van der Waals surface area contributed by atoms with E-state index in [2.05, 4.69) is 34.3 Å². The quantitative estimate of drug-likeness (QED) is 0.429. The molecule has 37 heavy (non-hydrogen) atoms. The molecule has 2 bridgehead atoms. The van der Waals surface area contributed by atoms with Crippen molar-refractivity contribution in [3.63, 3.8) is 0 Å². The van der Waals surface area contributed by atoms with E-state index in [-0.39, 0.29) is 24.0 Å². The molecule has 1 saturated carbocycles. The zero-order chi connectivity index (χ0) is 25.4. The van der Waals surface area contributed by atoms with Crippen LogP contribution in [-0.2, 0) is 20.0 Å². The lowest BCUT2D eigenvalue weighted by Crippen LogP contribution is -2.40. The number of fused-ring (bicyclic) bond motifs is 4. The van der Waals surface area contributed by atoms with E-state index in [9.17, 15) is 4.79 Å². The number of nitrogens with zero attached hydrogens (tertiary/aromatic N) is 5. The SMILES string of the molecule is CCc1ccc2cc(-c3nc4cc(C(=O)N5C6CCC5C(N)C6)cc(OC)c4n3C)n(CC3CC3)c2n1. The largest absolute Gasteiger partial charge is 0.494 e. The van der Waals surface area contributed by atoms with Gasteiger partial charge in [0, 0.05) is 48.4 Å². The molecular weight excluding hydrogens is 464 g/mol. The van der Waals surface area contributed by atoms with Gasteiger partial charge in [0.15, 0.2) is 5.82 Å². The molecule has 1 aromatic carbocycles. The Labute approximate surface area is 216 Å². The molecule has 3 aromatic heterocycles. The first-order valence-electron chi connectivity index (χ1n) is 13.6. The van der Waals surface area contributed by atoms with Crippen LogP contribution in [0.1, 0.15) is 55.1 Å². The molecule has 2 saturated heterocycles. The number of hydrogen-bond acceptors (Lipinski definition) is 5. The lowest BCUT2D eigenvalue weighted by Gasteiger charge is -2.23. The number of hydrogen-bond donors (Lipinski definition) is 1. The van der Waals surface area contributed by atoms with Gasteiger partial charge in [-0.1, -0.05) is 6.92 Å². The Balaban J connectivity index is 1.36. The number of carbonyl (C=O) groups is 1. The summed E-state index contributed by atoms with van der Waals surface area (Å²) in [6.07, 6.45) is 6.35. The normalized spacial score (nSPS) is 23.0. The van der Waals surface area contributed by atoms with Crippen molar-refractivity contribution in [3.8, 4) is 17.3 Å². The highest BCUT2D eigenvalue weighted by Gasteiger charge is 2.47. The number of rotatable bonds is 6. The molecular formula is C29H34N6O2. The molecule has 2 aliphatic heterocycles. The van der Waals surface area contributed by atoms with Crippen LogP contribution >= 0.6 is 0 Å². The van der Waals surface area contributed by atoms with Crippen LogP contribution in [0.4, 0.5) is 0 Å². The Hall–Kier alpha value is -3.39. The Morgan fingerprint density at radius 1 is 1.14 bits per heavy atom. The molecule has 8 heteroatoms. The summed E-state index contributed by atoms with van der Waals surface area (Å²) in [5, 5.41) is 1.13. The fourth-order valence-electron chi connectivity index (χ4n) is 6.61. The third-order valence-electron chi connectivity index (χ3n) is 8.75. The van der Waals surface area contributed by atoms with Gasteiger partial charge < -0.3 is 24.5 Å². The van der Waals surface area contributed by atoms with Crippen LogP contribution in [0.3, 0.4) is 0 Å². The van der Waals surface area contributed by atoms with Crippen molar-refractivity contribution >= 4 is 28.0 Å². The summed E-state index contributed by atoms with van der Waals surface area (Å²) in [6.45, 7) is 3.09. The van der Waals surface area contributed by atoms with E-state index >= 15 is 0 Å². The second kappa shape index (κ2) is 8.31. The van der Waals surface area contributed by atoms with Crippen molar-refractivity contribution in [2.75, 3.05) is 7.11 Å². The van der Waals surface area contributed by atoms with Crippen LogP contribution in [0.25, 0.3) is 33.6 Å². The lowest BCUT2D eigenvalue weighted by atomic mass is 9.97. The molecule has 0 spiro atoms. The van der Waals surface area contributed by atoms with Gasteiger partial charge in [0.05, 0.1) is 18.3 Å². The van der Waals surface area contributed by atoms with E-state index in [4.69, 9.17) is 20.4 Å². The number of amides is 1. The number of nitrogens with two attached hydrogens (primary N) is 1. The molecule has 2 N–H and O–H groups in total. The molecule has 3 atom stereocenters. The Morgan fingerprint density at radius 3 is 2.65 bits per heavy atom. The van der Waals surface area contributed by atoms with Crippen LogP contribution in [0.15, 0.2) is 30.3 Å². The number of carbonyl (C=O) groups excluding carboxylic acids is 1. The minimum absolute atomic E-state index is 0.0343. The molecule has 4 aromatic rings. The third-order valence-corrected chi connectivity index (χ3v) is 8.75. The summed E-state index contributed by atoms with van der Waals surface area (Å²) < 4.78 is 10.3. The molecule has 7 rings (SSSR count). The highest BCUT2D eigenvalue weighted by molar-refractivity contribution is 6.00. The van der Waals surface area contributed by atoms with Crippen molar-refractivity contribution in [2.24, 2.45) is 18.7 Å². The average Bonchev–Trinajstić information content (AvgIpc) is 3.23. The minimum Gasteiger partial charge on any atom is -0.494 e. The fourth-order valence-corrected chi connectivity index (χ4v) is 6.61. The molecule has 3 unspecified atom stereocenters. The van der Waals surface area contributed by atoms with E-state index < -0.39 is 0 Å². The van der Waals surface area contributed by atoms with Crippen LogP contribution < -0.4 is 10.5 Å². The first-order valence-corrected chi connectivity index (χ1v) is 13.6. The Morgan fingerprint density at radius 2 is 1.97 bits per heavy atom. The van der Waals surface area contributed by atoms with E-state index in [1.165, 1.54) is 12.8 Å². The van der Waals surface area contributed by atoms with Crippen LogP contribution in [-0.4, -0.2) is 55.1 Å². The molecule has 5 heterocycles. The van der Waals surface area contributed by atoms with Crippen molar-refractivity contribution in [3.05, 3.63) is 41.6 Å². The minimum atomic E-state index is 0.0343. The Kier molecular flexibility index (Phi) is 5.12. The van der Waals surface area contributed by atoms with Crippen molar-refractivity contribution in [1.82, 2.24) is 24.0 Å². The first kappa shape index (κ1) is 22.8. The zero-order valence-corrected chi connectivity index (χ0v) is 21.8. The second-order valence-electron chi connectivity index (χ2n) is 11.1. The summed E-state index contributed by atoms with van der Waals surface area (Å²) in [5.41, 5.74) is 11.8. The van der Waals surface area contributed by atoms with E-state index in [1.807, 2.05) is 24.1 Å². The molecule has 8 nitrogen and oxygen atoms in total. The Bertz CT molecular complexity index is 1550. The highest BCUT2D eigenvalue weighted by atomic mass is 16.5. The topological polar surface area (TPSA) is 91.2 Å². The summed E-state index contributed by atoms with van der Waals surface area (Å²) in [4.78, 5) is 25.7. The van der Waals surface area contributed by atoms with Crippen molar-refractivity contribution in [1.29, 1.82) is 0 Å². The van der Waals surface area contributed by atoms with Gasteiger partial charge in [-0.25, -0.2) is 9.97 Å². The number of pyridine rings is 1. The van der Waals surface area contributed by atoms with Gasteiger partial charge in [-0.3, -0.25) is 4.79 Å². The average molecular weight is 499 g/mol. The second-order valence-corrected chi connectivity index (χ2v) is 11.1. The van der Waals surface area contributed by atoms with Crippen molar-refractivity contribution in [2.45, 2.75) is 70.1 Å². The van der Waals surface area contributed by atoms with E-state index in [1.54, 1.807) is 7.11 Å². The molecule has 0 radical (unpaired) electrons. The van der Waals surface area contributed by atoms with Gasteiger partial charge in [0.25, 0.3) is 5.91 Å². The predicted molar refractivity (Wildman–Crippen MR) is 144 cm³/mol. The van der Waals surface area contributed by atoms with Crippen LogP contribution in [0.2, 0.25) is 0 Å². The number of methoxy groups -OCH3 is 1. The van der Waals surface area contributed by atoms with E-state index in [0.717, 1.165) is 71.5 Å². The summed E-state index contributed by atoms with van der Waals surface area (Å²) >= 11 is 0. The van der Waals surface area contributed by atoms with Crippen LogP contribution in [0, 0.1) is 5.92 Å². The van der Waals surface area contributed by atoms with E-state index in [0.29, 0.717) is 17.2 Å². The number of aryl methyl sites for hydroxylation is 2. The van der Waals surface area contributed by atoms with Gasteiger partial charge >= 0.3 is 0 Å². The molecule has 1 amide bonds. The van der Waals surface area contributed by atoms with Gasteiger partial charge in [-0.15, -0.1) is 0 Å². The number of aromatic nitrogens is 4. The third kappa shape index (κ3) is 3.49. The lowest BCUT2D eigenvalue weighted by molar-refractivity contribution is 0.0726. The molecule has 3 fully saturated rings. The van der Waals surface area contributed by atoms with Gasteiger partial charge in [-0.2, -0.15) is 0 Å². The predicted octanol–water partition coefficient (Wildman–Crippen LogP) is 4.28. The van der Waals surface area contributed by atoms with Crippen molar-refractivity contribution < 1.29 is 9.53 Å². The molecule has 192 valence electrons. The van der Waals surface area contributed by atoms with Gasteiger partial charge in [-0.05, 0) is 74.8 Å². The maximum absolute atomic E-state index is 13.7. The molecule has 3 aliphatic rings. The number of ether oxygens (including phenoxy) is 1. The van der Waals surface area contributed by atoms with Crippen LogP contribution in [0.5, 0.6) is 5.75 Å². The monoisotopic (exact) mass is 498 g/mol. The smallest absolute Gasteiger partial charge is 0.254 e. The summed E-state index contributed by atoms with van der Waals surface area (Å²) in [6, 6.07) is 10.7. The number of imidazole rings is 1. The first-order chi connectivity index (χ1) is 18.0. The van der Waals surface area contributed by atoms with Gasteiger partial charge in [0.1, 0.15) is 16.9 Å². The number of benzene rings is 1. The zero-order valence-electron chi connectivity index (χ0n) is 21.8. The maximum atomic E-state index is 13.7. The standard InChI is InChI=1S/C29H34N6O2/c1-4-19-8-7-17-12-24(34(27(17)31-19)15-16-5-6-16)28-32-22-11-18(13-25(37-3)26(22)33(28)2)29(36)35-20-9-10-23(35)21(30)14-20/h7-8,11-13,16,20-21,23H,4-6,9-10,14-15,30H2,1-3H3. The van der Waals surface area contributed by atoms with Gasteiger partial charge in [0.2, 0.25) is 0 Å². The fraction of sp³-hybridized carbons (Fsp3) is 0.483.